The van der Waals surface area contributed by atoms with E-state index in [2.05, 4.69) is 23.6 Å². The molecule has 2 heterocycles. The molecule has 0 aromatic carbocycles. The molecule has 4 heteroatoms. The first-order chi connectivity index (χ1) is 12.9. The van der Waals surface area contributed by atoms with Crippen LogP contribution >= 0.6 is 0 Å². The Morgan fingerprint density at radius 1 is 0.852 bits per heavy atom. The molecule has 0 amide bonds. The molecule has 4 nitrogen and oxygen atoms in total. The van der Waals surface area contributed by atoms with Gasteiger partial charge in [-0.1, -0.05) is 13.8 Å². The summed E-state index contributed by atoms with van der Waals surface area (Å²) in [5.41, 5.74) is 0.571. The third-order valence-corrected chi connectivity index (χ3v) is 8.37. The number of likely N-dealkylation sites (tertiary alicyclic amines) is 2. The van der Waals surface area contributed by atoms with Crippen molar-refractivity contribution in [3.05, 3.63) is 0 Å². The van der Waals surface area contributed by atoms with Gasteiger partial charge in [0.05, 0.1) is 0 Å². The highest BCUT2D eigenvalue weighted by Gasteiger charge is 2.49. The van der Waals surface area contributed by atoms with E-state index in [1.807, 2.05) is 0 Å². The zero-order valence-electron chi connectivity index (χ0n) is 17.6. The maximum Gasteiger partial charge on any atom is 0.138 e. The van der Waals surface area contributed by atoms with Gasteiger partial charge in [-0.25, -0.2) is 0 Å². The summed E-state index contributed by atoms with van der Waals surface area (Å²) in [6.45, 7) is 10.3. The van der Waals surface area contributed by atoms with E-state index in [1.165, 1.54) is 51.6 Å². The number of ketones is 2. The van der Waals surface area contributed by atoms with Crippen molar-refractivity contribution in [2.45, 2.75) is 84.2 Å². The molecule has 4 rings (SSSR count). The largest absolute Gasteiger partial charge is 0.300 e. The van der Waals surface area contributed by atoms with E-state index in [1.54, 1.807) is 6.92 Å². The SMILES string of the molecule is CC(=O)C1CN(C2CCN(C3CC4(CCC(C(=O)C(C)C)CC4)C3)CC2)C1. The lowest BCUT2D eigenvalue weighted by Gasteiger charge is -2.56. The molecule has 2 saturated carbocycles. The summed E-state index contributed by atoms with van der Waals surface area (Å²) in [6, 6.07) is 1.51. The van der Waals surface area contributed by atoms with Crippen LogP contribution in [0, 0.1) is 23.2 Å². The van der Waals surface area contributed by atoms with Crippen LogP contribution in [0.3, 0.4) is 0 Å². The maximum absolute atomic E-state index is 12.3. The minimum atomic E-state index is 0.205. The van der Waals surface area contributed by atoms with Gasteiger partial charge in [0.1, 0.15) is 11.6 Å². The molecule has 27 heavy (non-hydrogen) atoms. The van der Waals surface area contributed by atoms with Crippen LogP contribution in [0.4, 0.5) is 0 Å². The van der Waals surface area contributed by atoms with Gasteiger partial charge >= 0.3 is 0 Å². The van der Waals surface area contributed by atoms with E-state index in [9.17, 15) is 9.59 Å². The molecule has 0 N–H and O–H groups in total. The average Bonchev–Trinajstić information content (AvgIpc) is 2.58. The van der Waals surface area contributed by atoms with Gasteiger partial charge in [0.25, 0.3) is 0 Å². The highest BCUT2D eigenvalue weighted by molar-refractivity contribution is 5.82. The second-order valence-corrected chi connectivity index (χ2v) is 10.4. The van der Waals surface area contributed by atoms with Gasteiger partial charge < -0.3 is 4.90 Å². The van der Waals surface area contributed by atoms with E-state index in [0.717, 1.165) is 32.0 Å². The topological polar surface area (TPSA) is 40.6 Å². The Hall–Kier alpha value is -0.740. The number of carbonyl (C=O) groups excluding carboxylic acids is 2. The van der Waals surface area contributed by atoms with Gasteiger partial charge in [-0.15, -0.1) is 0 Å². The highest BCUT2D eigenvalue weighted by Crippen LogP contribution is 2.54. The summed E-state index contributed by atoms with van der Waals surface area (Å²) < 4.78 is 0. The Kier molecular flexibility index (Phi) is 5.50. The summed E-state index contributed by atoms with van der Waals surface area (Å²) in [5.74, 6) is 1.73. The predicted octanol–water partition coefficient (Wildman–Crippen LogP) is 3.54. The lowest BCUT2D eigenvalue weighted by molar-refractivity contribution is -0.129. The lowest BCUT2D eigenvalue weighted by atomic mass is 9.56. The van der Waals surface area contributed by atoms with Crippen LogP contribution in [-0.2, 0) is 9.59 Å². The van der Waals surface area contributed by atoms with E-state index in [-0.39, 0.29) is 5.92 Å². The molecule has 2 aliphatic carbocycles. The van der Waals surface area contributed by atoms with E-state index < -0.39 is 0 Å². The van der Waals surface area contributed by atoms with E-state index >= 15 is 0 Å². The summed E-state index contributed by atoms with van der Waals surface area (Å²) in [7, 11) is 0. The summed E-state index contributed by atoms with van der Waals surface area (Å²) in [4.78, 5) is 29.0. The molecular weight excluding hydrogens is 336 g/mol. The molecule has 4 aliphatic rings. The van der Waals surface area contributed by atoms with Crippen molar-refractivity contribution in [3.8, 4) is 0 Å². The Morgan fingerprint density at radius 3 is 1.96 bits per heavy atom. The molecule has 1 spiro atoms. The molecular formula is C23H38N2O2. The number of hydrogen-bond donors (Lipinski definition) is 0. The molecule has 2 aliphatic heterocycles. The van der Waals surface area contributed by atoms with Crippen molar-refractivity contribution in [2.75, 3.05) is 26.2 Å². The summed E-state index contributed by atoms with van der Waals surface area (Å²) in [5, 5.41) is 0. The minimum Gasteiger partial charge on any atom is -0.300 e. The van der Waals surface area contributed by atoms with Crippen molar-refractivity contribution in [3.63, 3.8) is 0 Å². The molecule has 0 unspecified atom stereocenters. The van der Waals surface area contributed by atoms with Crippen LogP contribution in [0.5, 0.6) is 0 Å². The number of rotatable bonds is 5. The number of piperidine rings is 1. The summed E-state index contributed by atoms with van der Waals surface area (Å²) in [6.07, 6.45) is 10.1. The molecule has 0 radical (unpaired) electrons. The molecule has 0 aromatic rings. The van der Waals surface area contributed by atoms with Gasteiger partial charge in [-0.2, -0.15) is 0 Å². The first kappa shape index (κ1) is 19.6. The minimum absolute atomic E-state index is 0.205. The fourth-order valence-corrected chi connectivity index (χ4v) is 6.28. The van der Waals surface area contributed by atoms with Crippen molar-refractivity contribution in [1.29, 1.82) is 0 Å². The number of Topliss-reactive ketones (excluding diaryl/α,β-unsaturated/α-hetero) is 2. The standard InChI is InChI=1S/C23H38N2O2/c1-16(2)22(27)18-4-8-23(9-5-18)12-21(13-23)24-10-6-20(7-11-24)25-14-19(15-25)17(3)26/h16,18-21H,4-15H2,1-3H3. The molecule has 2 saturated heterocycles. The highest BCUT2D eigenvalue weighted by atomic mass is 16.1. The zero-order chi connectivity index (χ0) is 19.2. The fourth-order valence-electron chi connectivity index (χ4n) is 6.28. The van der Waals surface area contributed by atoms with Gasteiger partial charge in [0.15, 0.2) is 0 Å². The Balaban J connectivity index is 1.17. The second-order valence-electron chi connectivity index (χ2n) is 10.4. The first-order valence-electron chi connectivity index (χ1n) is 11.4. The second kappa shape index (κ2) is 7.59. The van der Waals surface area contributed by atoms with Crippen LogP contribution in [0.15, 0.2) is 0 Å². The van der Waals surface area contributed by atoms with Gasteiger partial charge in [0.2, 0.25) is 0 Å². The third kappa shape index (κ3) is 3.89. The van der Waals surface area contributed by atoms with Crippen LogP contribution in [0.2, 0.25) is 0 Å². The van der Waals surface area contributed by atoms with Gasteiger partial charge in [-0.3, -0.25) is 14.5 Å². The van der Waals surface area contributed by atoms with Crippen molar-refractivity contribution in [1.82, 2.24) is 9.80 Å². The average molecular weight is 375 g/mol. The normalized spacial score (nSPS) is 36.6. The Morgan fingerprint density at radius 2 is 1.44 bits per heavy atom. The van der Waals surface area contributed by atoms with Crippen LogP contribution < -0.4 is 0 Å². The van der Waals surface area contributed by atoms with Crippen LogP contribution in [0.1, 0.15) is 72.1 Å². The first-order valence-corrected chi connectivity index (χ1v) is 11.4. The Labute approximate surface area is 165 Å². The molecule has 0 bridgehead atoms. The van der Waals surface area contributed by atoms with Crippen LogP contribution in [-0.4, -0.2) is 59.6 Å². The van der Waals surface area contributed by atoms with Gasteiger partial charge in [-0.05, 0) is 76.8 Å². The molecule has 0 aromatic heterocycles. The van der Waals surface area contributed by atoms with Gasteiger partial charge in [0, 0.05) is 42.9 Å². The molecule has 152 valence electrons. The maximum atomic E-state index is 12.3. The number of carbonyl (C=O) groups is 2. The number of nitrogens with zero attached hydrogens (tertiary/aromatic N) is 2. The van der Waals surface area contributed by atoms with E-state index in [4.69, 9.17) is 0 Å². The fraction of sp³-hybridized carbons (Fsp3) is 0.913. The molecule has 0 atom stereocenters. The molecule has 4 fully saturated rings. The monoisotopic (exact) mass is 374 g/mol. The summed E-state index contributed by atoms with van der Waals surface area (Å²) >= 11 is 0. The van der Waals surface area contributed by atoms with Crippen molar-refractivity contribution in [2.24, 2.45) is 23.2 Å². The number of hydrogen-bond acceptors (Lipinski definition) is 4. The zero-order valence-corrected chi connectivity index (χ0v) is 17.6. The Bertz CT molecular complexity index is 557. The predicted molar refractivity (Wildman–Crippen MR) is 108 cm³/mol. The third-order valence-electron chi connectivity index (χ3n) is 8.37. The lowest BCUT2D eigenvalue weighted by Crippen LogP contribution is -2.59. The van der Waals surface area contributed by atoms with E-state index in [0.29, 0.717) is 34.9 Å². The van der Waals surface area contributed by atoms with Crippen LogP contribution in [0.25, 0.3) is 0 Å². The smallest absolute Gasteiger partial charge is 0.138 e. The van der Waals surface area contributed by atoms with Crippen molar-refractivity contribution < 1.29 is 9.59 Å². The van der Waals surface area contributed by atoms with Crippen molar-refractivity contribution >= 4 is 11.6 Å². The quantitative estimate of drug-likeness (QED) is 0.738.